The van der Waals surface area contributed by atoms with Crippen LogP contribution in [0.15, 0.2) is 36.5 Å². The van der Waals surface area contributed by atoms with Gasteiger partial charge in [-0.25, -0.2) is 0 Å². The van der Waals surface area contributed by atoms with Crippen LogP contribution in [0.25, 0.3) is 0 Å². The second kappa shape index (κ2) is 36.9. The van der Waals surface area contributed by atoms with Crippen molar-refractivity contribution in [1.82, 2.24) is 5.32 Å². The number of carbonyl (C=O) groups excluding carboxylic acids is 1. The molecule has 0 aromatic rings. The zero-order chi connectivity index (χ0) is 37.7. The molecule has 1 amide bonds. The number of carbonyl (C=O) groups is 1. The summed E-state index contributed by atoms with van der Waals surface area (Å²) in [5.41, 5.74) is 0. The highest BCUT2D eigenvalue weighted by molar-refractivity contribution is 7.85. The number of aliphatic hydroxyl groups excluding tert-OH is 2. The molecule has 0 aromatic heterocycles. The zero-order valence-electron chi connectivity index (χ0n) is 33.1. The molecule has 8 heteroatoms. The minimum Gasteiger partial charge on any atom is -0.387 e. The summed E-state index contributed by atoms with van der Waals surface area (Å²) >= 11 is 0. The fraction of sp³-hybridized carbons (Fsp3) is 0.837. The Balaban J connectivity index is 3.94. The highest BCUT2D eigenvalue weighted by atomic mass is 32.2. The largest absolute Gasteiger partial charge is 0.387 e. The predicted octanol–water partition coefficient (Wildman–Crippen LogP) is 11.5. The Bertz CT molecular complexity index is 964. The van der Waals surface area contributed by atoms with E-state index in [0.29, 0.717) is 12.8 Å². The highest BCUT2D eigenvalue weighted by Gasteiger charge is 2.27. The Morgan fingerprint density at radius 1 is 0.529 bits per heavy atom. The van der Waals surface area contributed by atoms with E-state index in [1.807, 2.05) is 0 Å². The van der Waals surface area contributed by atoms with Gasteiger partial charge in [-0.1, -0.05) is 204 Å². The van der Waals surface area contributed by atoms with Crippen LogP contribution in [0.1, 0.15) is 206 Å². The topological polar surface area (TPSA) is 124 Å². The molecule has 0 rings (SSSR count). The van der Waals surface area contributed by atoms with Crippen LogP contribution in [-0.4, -0.2) is 53.1 Å². The van der Waals surface area contributed by atoms with E-state index in [2.05, 4.69) is 43.5 Å². The molecule has 0 aliphatic carbocycles. The number of amides is 1. The van der Waals surface area contributed by atoms with E-state index >= 15 is 0 Å². The molecule has 0 spiro atoms. The normalized spacial score (nSPS) is 14.2. The van der Waals surface area contributed by atoms with Crippen LogP contribution in [0.4, 0.5) is 0 Å². The minimum atomic E-state index is -4.45. The van der Waals surface area contributed by atoms with Crippen molar-refractivity contribution in [3.05, 3.63) is 36.5 Å². The Kier molecular flexibility index (Phi) is 35.8. The van der Waals surface area contributed by atoms with Gasteiger partial charge in [0.05, 0.1) is 17.9 Å². The predicted molar refractivity (Wildman–Crippen MR) is 218 cm³/mol. The molecule has 0 aliphatic rings. The molecule has 0 aromatic carbocycles. The van der Waals surface area contributed by atoms with Crippen molar-refractivity contribution in [2.24, 2.45) is 0 Å². The lowest BCUT2D eigenvalue weighted by Gasteiger charge is -2.22. The van der Waals surface area contributed by atoms with Crippen molar-refractivity contribution in [2.75, 3.05) is 5.75 Å². The molecule has 0 radical (unpaired) electrons. The molecule has 7 nitrogen and oxygen atoms in total. The molecule has 3 atom stereocenters. The van der Waals surface area contributed by atoms with Crippen molar-refractivity contribution in [3.63, 3.8) is 0 Å². The van der Waals surface area contributed by atoms with Gasteiger partial charge in [0, 0.05) is 0 Å². The fourth-order valence-corrected chi connectivity index (χ4v) is 7.09. The standard InChI is InChI=1S/C43H81NO6S/c1-3-5-7-9-11-13-15-17-18-19-20-21-22-23-24-25-26-28-30-32-34-36-38-42(46)43(47)44-40(39-51(48,49)50)41(45)37-35-33-31-29-27-16-14-12-10-8-6-4-2/h10,12,27,29,35,37,40-42,45-46H,3-9,11,13-26,28,30-34,36,38-39H2,1-2H3,(H,44,47)(H,48,49,50)/b12-10+,29-27+,37-35+. The first-order chi connectivity index (χ1) is 24.7. The maximum Gasteiger partial charge on any atom is 0.267 e. The number of unbranched alkanes of at least 4 members (excludes halogenated alkanes) is 25. The molecule has 0 aliphatic heterocycles. The number of allylic oxidation sites excluding steroid dienone is 5. The van der Waals surface area contributed by atoms with Crippen LogP contribution in [0.3, 0.4) is 0 Å². The van der Waals surface area contributed by atoms with Crippen molar-refractivity contribution >= 4 is 16.0 Å². The van der Waals surface area contributed by atoms with E-state index in [-0.39, 0.29) is 6.42 Å². The van der Waals surface area contributed by atoms with Gasteiger partial charge in [-0.05, 0) is 38.5 Å². The van der Waals surface area contributed by atoms with Crippen LogP contribution in [-0.2, 0) is 14.9 Å². The zero-order valence-corrected chi connectivity index (χ0v) is 33.9. The van der Waals surface area contributed by atoms with Gasteiger partial charge in [-0.15, -0.1) is 0 Å². The Morgan fingerprint density at radius 3 is 1.27 bits per heavy atom. The summed E-state index contributed by atoms with van der Waals surface area (Å²) in [5, 5.41) is 23.3. The third kappa shape index (κ3) is 36.7. The Morgan fingerprint density at radius 2 is 0.882 bits per heavy atom. The Labute approximate surface area is 315 Å². The average Bonchev–Trinajstić information content (AvgIpc) is 3.09. The number of nitrogens with one attached hydrogen (secondary N) is 1. The van der Waals surface area contributed by atoms with Gasteiger partial charge in [0.25, 0.3) is 10.1 Å². The summed E-state index contributed by atoms with van der Waals surface area (Å²) in [6, 6.07) is -1.25. The lowest BCUT2D eigenvalue weighted by Crippen LogP contribution is -2.50. The van der Waals surface area contributed by atoms with Gasteiger partial charge in [0.1, 0.15) is 6.10 Å². The molecule has 51 heavy (non-hydrogen) atoms. The lowest BCUT2D eigenvalue weighted by atomic mass is 10.0. The molecule has 0 bridgehead atoms. The third-order valence-corrected chi connectivity index (χ3v) is 10.4. The molecule has 3 unspecified atom stereocenters. The van der Waals surface area contributed by atoms with Crippen LogP contribution in [0.2, 0.25) is 0 Å². The first kappa shape index (κ1) is 49.5. The molecule has 0 saturated heterocycles. The lowest BCUT2D eigenvalue weighted by molar-refractivity contribution is -0.130. The Hall–Kier alpha value is -1.48. The van der Waals surface area contributed by atoms with Gasteiger partial charge >= 0.3 is 0 Å². The molecule has 0 fully saturated rings. The molecule has 0 saturated carbocycles. The molecular weight excluding hydrogens is 659 g/mol. The van der Waals surface area contributed by atoms with Gasteiger partial charge in [-0.3, -0.25) is 9.35 Å². The fourth-order valence-electron chi connectivity index (χ4n) is 6.36. The smallest absolute Gasteiger partial charge is 0.267 e. The second-order valence-corrected chi connectivity index (χ2v) is 16.2. The molecule has 0 heterocycles. The van der Waals surface area contributed by atoms with Crippen LogP contribution < -0.4 is 5.32 Å². The molecule has 300 valence electrons. The van der Waals surface area contributed by atoms with Crippen LogP contribution in [0.5, 0.6) is 0 Å². The summed E-state index contributed by atoms with van der Waals surface area (Å²) in [5.74, 6) is -1.56. The van der Waals surface area contributed by atoms with Gasteiger partial charge in [0.15, 0.2) is 0 Å². The van der Waals surface area contributed by atoms with Crippen molar-refractivity contribution < 1.29 is 28.0 Å². The first-order valence-corrected chi connectivity index (χ1v) is 22.9. The van der Waals surface area contributed by atoms with E-state index in [1.54, 1.807) is 6.08 Å². The number of aliphatic hydroxyl groups is 2. The third-order valence-electron chi connectivity index (χ3n) is 9.65. The second-order valence-electron chi connectivity index (χ2n) is 14.8. The summed E-state index contributed by atoms with van der Waals surface area (Å²) in [7, 11) is -4.45. The summed E-state index contributed by atoms with van der Waals surface area (Å²) in [4.78, 5) is 12.6. The monoisotopic (exact) mass is 740 g/mol. The van der Waals surface area contributed by atoms with E-state index in [0.717, 1.165) is 44.9 Å². The molecule has 4 N–H and O–H groups in total. The van der Waals surface area contributed by atoms with E-state index in [1.165, 1.54) is 134 Å². The van der Waals surface area contributed by atoms with Crippen molar-refractivity contribution in [3.8, 4) is 0 Å². The van der Waals surface area contributed by atoms with Crippen LogP contribution in [0, 0.1) is 0 Å². The quantitative estimate of drug-likeness (QED) is 0.0284. The van der Waals surface area contributed by atoms with Crippen LogP contribution >= 0.6 is 0 Å². The van der Waals surface area contributed by atoms with Gasteiger partial charge in [0.2, 0.25) is 5.91 Å². The van der Waals surface area contributed by atoms with Gasteiger partial charge in [-0.2, -0.15) is 8.42 Å². The summed E-state index contributed by atoms with van der Waals surface area (Å²) < 4.78 is 32.5. The SMILES string of the molecule is CCCC/C=C/CC/C=C/CC/C=C/C(O)C(CS(=O)(=O)O)NC(=O)C(O)CCCCCCCCCCCCCCCCCCCCCCCC. The number of hydrogen-bond donors (Lipinski definition) is 4. The van der Waals surface area contributed by atoms with Crippen molar-refractivity contribution in [1.29, 1.82) is 0 Å². The summed E-state index contributed by atoms with van der Waals surface area (Å²) in [6.45, 7) is 4.46. The maximum atomic E-state index is 12.6. The first-order valence-electron chi connectivity index (χ1n) is 21.3. The highest BCUT2D eigenvalue weighted by Crippen LogP contribution is 2.16. The average molecular weight is 740 g/mol. The van der Waals surface area contributed by atoms with E-state index in [9.17, 15) is 28.0 Å². The van der Waals surface area contributed by atoms with Crippen molar-refractivity contribution in [2.45, 2.75) is 225 Å². The molecular formula is C43H81NO6S. The van der Waals surface area contributed by atoms with E-state index in [4.69, 9.17) is 0 Å². The van der Waals surface area contributed by atoms with Gasteiger partial charge < -0.3 is 15.5 Å². The maximum absolute atomic E-state index is 12.6. The minimum absolute atomic E-state index is 0.274. The van der Waals surface area contributed by atoms with E-state index < -0.39 is 40.0 Å². The number of rotatable bonds is 38. The number of hydrogen-bond acceptors (Lipinski definition) is 5. The summed E-state index contributed by atoms with van der Waals surface area (Å²) in [6.07, 6.45) is 45.0.